The van der Waals surface area contributed by atoms with Gasteiger partial charge in [-0.15, -0.1) is 0 Å². The Morgan fingerprint density at radius 3 is 2.50 bits per heavy atom. The van der Waals surface area contributed by atoms with Crippen LogP contribution in [0.4, 0.5) is 22.4 Å². The van der Waals surface area contributed by atoms with Gasteiger partial charge in [0, 0.05) is 30.2 Å². The van der Waals surface area contributed by atoms with E-state index in [1.54, 1.807) is 12.1 Å². The fourth-order valence-electron chi connectivity index (χ4n) is 1.73. The van der Waals surface area contributed by atoms with E-state index in [0.29, 0.717) is 29.3 Å². The fraction of sp³-hybridized carbons (Fsp3) is 0.333. The second-order valence-corrected chi connectivity index (χ2v) is 5.89. The van der Waals surface area contributed by atoms with Crippen LogP contribution in [0, 0.1) is 0 Å². The summed E-state index contributed by atoms with van der Waals surface area (Å²) in [6, 6.07) is 9.03. The average Bonchev–Trinajstić information content (AvgIpc) is 2.53. The van der Waals surface area contributed by atoms with E-state index < -0.39 is 0 Å². The predicted octanol–water partition coefficient (Wildman–Crippen LogP) is 2.95. The van der Waals surface area contributed by atoms with Gasteiger partial charge in [0.1, 0.15) is 0 Å². The van der Waals surface area contributed by atoms with Crippen molar-refractivity contribution in [2.75, 3.05) is 22.5 Å². The van der Waals surface area contributed by atoms with Crippen molar-refractivity contribution in [3.8, 4) is 0 Å². The molecule has 0 fully saturated rings. The lowest BCUT2D eigenvalue weighted by Gasteiger charge is -2.11. The van der Waals surface area contributed by atoms with Crippen molar-refractivity contribution in [1.82, 2.24) is 19.7 Å². The molecule has 0 saturated heterocycles. The molecule has 1 aromatic carbocycles. The minimum Gasteiger partial charge on any atom is -0.354 e. The molecule has 9 heteroatoms. The summed E-state index contributed by atoms with van der Waals surface area (Å²) in [5.74, 6) is 0.923. The number of rotatable bonds is 7. The Balaban J connectivity index is 1.99. The van der Waals surface area contributed by atoms with E-state index >= 15 is 0 Å². The summed E-state index contributed by atoms with van der Waals surface area (Å²) in [5.41, 5.74) is 0.710. The summed E-state index contributed by atoms with van der Waals surface area (Å²) in [4.78, 5) is 24.7. The smallest absolute Gasteiger partial charge is 0.329 e. The molecular formula is C15H21N7OS. The lowest BCUT2D eigenvalue weighted by Crippen LogP contribution is -2.23. The van der Waals surface area contributed by atoms with Crippen LogP contribution in [0.2, 0.25) is 0 Å². The first-order valence-electron chi connectivity index (χ1n) is 7.62. The Labute approximate surface area is 145 Å². The zero-order valence-electron chi connectivity index (χ0n) is 13.8. The summed E-state index contributed by atoms with van der Waals surface area (Å²) in [6.07, 6.45) is 0. The molecule has 0 spiro atoms. The molecule has 8 nitrogen and oxygen atoms in total. The van der Waals surface area contributed by atoms with Crippen LogP contribution in [0.1, 0.15) is 20.8 Å². The van der Waals surface area contributed by atoms with E-state index in [-0.39, 0.29) is 12.1 Å². The summed E-state index contributed by atoms with van der Waals surface area (Å²) < 4.78 is 2.66. The Bertz CT molecular complexity index is 666. The Hall–Kier alpha value is -2.55. The molecule has 0 bridgehead atoms. The highest BCUT2D eigenvalue weighted by Crippen LogP contribution is 2.15. The lowest BCUT2D eigenvalue weighted by molar-refractivity contribution is 0.257. The van der Waals surface area contributed by atoms with Crippen LogP contribution in [0.5, 0.6) is 0 Å². The van der Waals surface area contributed by atoms with Crippen molar-refractivity contribution >= 4 is 35.6 Å². The number of nitrogens with one attached hydrogen (secondary N) is 4. The Kier molecular flexibility index (Phi) is 6.62. The number of hydrogen-bond donors (Lipinski definition) is 4. The van der Waals surface area contributed by atoms with E-state index in [1.807, 2.05) is 39.0 Å². The van der Waals surface area contributed by atoms with Crippen molar-refractivity contribution in [2.24, 2.45) is 0 Å². The number of anilines is 3. The van der Waals surface area contributed by atoms with Gasteiger partial charge in [0.25, 0.3) is 0 Å². The quantitative estimate of drug-likeness (QED) is 0.571. The highest BCUT2D eigenvalue weighted by Gasteiger charge is 2.09. The van der Waals surface area contributed by atoms with Crippen LogP contribution in [0.3, 0.4) is 0 Å². The van der Waals surface area contributed by atoms with Gasteiger partial charge in [-0.2, -0.15) is 15.0 Å². The molecule has 0 aliphatic rings. The molecule has 1 aromatic heterocycles. The molecule has 0 atom stereocenters. The van der Waals surface area contributed by atoms with E-state index in [2.05, 4.69) is 35.6 Å². The monoisotopic (exact) mass is 347 g/mol. The second kappa shape index (κ2) is 8.92. The molecular weight excluding hydrogens is 326 g/mol. The van der Waals surface area contributed by atoms with Crippen LogP contribution in [0.25, 0.3) is 0 Å². The van der Waals surface area contributed by atoms with Crippen LogP contribution in [-0.2, 0) is 0 Å². The Morgan fingerprint density at radius 2 is 1.83 bits per heavy atom. The van der Waals surface area contributed by atoms with Gasteiger partial charge >= 0.3 is 6.03 Å². The zero-order chi connectivity index (χ0) is 17.4. The molecule has 2 amide bonds. The van der Waals surface area contributed by atoms with Gasteiger partial charge in [-0.05, 0) is 32.9 Å². The van der Waals surface area contributed by atoms with Gasteiger partial charge in [0.2, 0.25) is 17.1 Å². The number of benzene rings is 1. The van der Waals surface area contributed by atoms with E-state index in [1.165, 1.54) is 0 Å². The first-order chi connectivity index (χ1) is 11.6. The van der Waals surface area contributed by atoms with Gasteiger partial charge in [0.15, 0.2) is 0 Å². The minimum atomic E-state index is -0.352. The number of aromatic nitrogens is 3. The maximum absolute atomic E-state index is 11.9. The normalized spacial score (nSPS) is 10.3. The van der Waals surface area contributed by atoms with Crippen LogP contribution in [-0.4, -0.2) is 33.6 Å². The van der Waals surface area contributed by atoms with Gasteiger partial charge in [-0.1, -0.05) is 18.2 Å². The maximum Gasteiger partial charge on any atom is 0.329 e. The third kappa shape index (κ3) is 5.92. The third-order valence-electron chi connectivity index (χ3n) is 2.63. The van der Waals surface area contributed by atoms with E-state index in [4.69, 9.17) is 0 Å². The zero-order valence-corrected chi connectivity index (χ0v) is 14.6. The van der Waals surface area contributed by atoms with Crippen LogP contribution in [0.15, 0.2) is 35.5 Å². The fourth-order valence-corrected chi connectivity index (χ4v) is 2.23. The third-order valence-corrected chi connectivity index (χ3v) is 3.29. The molecule has 0 radical (unpaired) electrons. The average molecular weight is 347 g/mol. The van der Waals surface area contributed by atoms with Gasteiger partial charge in [0.05, 0.1) is 0 Å². The van der Waals surface area contributed by atoms with Gasteiger partial charge in [-0.25, -0.2) is 4.79 Å². The number of hydrogen-bond acceptors (Lipinski definition) is 7. The predicted molar refractivity (Wildman–Crippen MR) is 97.2 cm³/mol. The standard InChI is InChI=1S/C15H21N7OS/c1-4-16-12-19-13(17-10(2)3)21-15(20-12)24-22-14(23)18-11-8-6-5-7-9-11/h5-10H,4H2,1-3H3,(H2,18,22,23)(H2,16,17,19,20,21). The van der Waals surface area contributed by atoms with Crippen molar-refractivity contribution in [3.05, 3.63) is 30.3 Å². The van der Waals surface area contributed by atoms with Crippen LogP contribution >= 0.6 is 11.9 Å². The van der Waals surface area contributed by atoms with Crippen molar-refractivity contribution in [2.45, 2.75) is 32.0 Å². The number of nitrogens with zero attached hydrogens (tertiary/aromatic N) is 3. The number of para-hydroxylation sites is 1. The minimum absolute atomic E-state index is 0.189. The molecule has 24 heavy (non-hydrogen) atoms. The summed E-state index contributed by atoms with van der Waals surface area (Å²) in [7, 11) is 0. The number of amides is 2. The summed E-state index contributed by atoms with van der Waals surface area (Å²) >= 11 is 1.02. The first-order valence-corrected chi connectivity index (χ1v) is 8.44. The molecule has 0 aliphatic carbocycles. The molecule has 4 N–H and O–H groups in total. The SMILES string of the molecule is CCNc1nc(NC(C)C)nc(SNC(=O)Nc2ccccc2)n1. The topological polar surface area (TPSA) is 104 Å². The van der Waals surface area contributed by atoms with Gasteiger partial charge in [-0.3, -0.25) is 4.72 Å². The number of carbonyl (C=O) groups is 1. The van der Waals surface area contributed by atoms with Gasteiger partial charge < -0.3 is 16.0 Å². The highest BCUT2D eigenvalue weighted by atomic mass is 32.2. The van der Waals surface area contributed by atoms with Crippen molar-refractivity contribution in [1.29, 1.82) is 0 Å². The summed E-state index contributed by atoms with van der Waals surface area (Å²) in [6.45, 7) is 6.64. The molecule has 0 aliphatic heterocycles. The molecule has 2 rings (SSSR count). The Morgan fingerprint density at radius 1 is 1.12 bits per heavy atom. The van der Waals surface area contributed by atoms with Crippen LogP contribution < -0.4 is 20.7 Å². The molecule has 0 unspecified atom stereocenters. The molecule has 128 valence electrons. The first kappa shape index (κ1) is 17.8. The molecule has 1 heterocycles. The van der Waals surface area contributed by atoms with Crippen molar-refractivity contribution in [3.63, 3.8) is 0 Å². The largest absolute Gasteiger partial charge is 0.354 e. The molecule has 0 saturated carbocycles. The lowest BCUT2D eigenvalue weighted by atomic mass is 10.3. The summed E-state index contributed by atoms with van der Waals surface area (Å²) in [5, 5.41) is 9.29. The molecule has 2 aromatic rings. The number of carbonyl (C=O) groups excluding carboxylic acids is 1. The maximum atomic E-state index is 11.9. The second-order valence-electron chi connectivity index (χ2n) is 5.12. The highest BCUT2D eigenvalue weighted by molar-refractivity contribution is 7.97. The number of urea groups is 1. The van der Waals surface area contributed by atoms with E-state index in [9.17, 15) is 4.79 Å². The van der Waals surface area contributed by atoms with E-state index in [0.717, 1.165) is 11.9 Å². The van der Waals surface area contributed by atoms with Crippen molar-refractivity contribution < 1.29 is 4.79 Å².